The molecular formula is C21H21N3O5. The Morgan fingerprint density at radius 1 is 1.07 bits per heavy atom. The smallest absolute Gasteiger partial charge is 0.338 e. The van der Waals surface area contributed by atoms with Gasteiger partial charge in [0, 0.05) is 5.69 Å². The SMILES string of the molecule is CC(C)OC(=O)c1ccc(NC(=O)CN2C(=O)NC(c3ccccc3)C2=O)cc1. The van der Waals surface area contributed by atoms with Crippen LogP contribution in [0.2, 0.25) is 0 Å². The lowest BCUT2D eigenvalue weighted by Gasteiger charge is -2.13. The lowest BCUT2D eigenvalue weighted by atomic mass is 10.1. The van der Waals surface area contributed by atoms with Crippen molar-refractivity contribution in [2.45, 2.75) is 26.0 Å². The molecule has 1 aliphatic heterocycles. The van der Waals surface area contributed by atoms with Crippen molar-refractivity contribution in [3.63, 3.8) is 0 Å². The van der Waals surface area contributed by atoms with Crippen LogP contribution >= 0.6 is 0 Å². The van der Waals surface area contributed by atoms with Crippen molar-refractivity contribution in [3.05, 3.63) is 65.7 Å². The second-order valence-electron chi connectivity index (χ2n) is 6.80. The number of anilines is 1. The van der Waals surface area contributed by atoms with Crippen molar-refractivity contribution < 1.29 is 23.9 Å². The van der Waals surface area contributed by atoms with Crippen LogP contribution in [0.15, 0.2) is 54.6 Å². The highest BCUT2D eigenvalue weighted by Crippen LogP contribution is 2.21. The summed E-state index contributed by atoms with van der Waals surface area (Å²) in [5.74, 6) is -1.47. The molecule has 0 spiro atoms. The monoisotopic (exact) mass is 395 g/mol. The van der Waals surface area contributed by atoms with E-state index in [0.29, 0.717) is 16.8 Å². The Balaban J connectivity index is 1.60. The van der Waals surface area contributed by atoms with E-state index < -0.39 is 36.4 Å². The third kappa shape index (κ3) is 4.78. The third-order valence-electron chi connectivity index (χ3n) is 4.21. The molecule has 29 heavy (non-hydrogen) atoms. The standard InChI is InChI=1S/C21H21N3O5/c1-13(2)29-20(27)15-8-10-16(11-9-15)22-17(25)12-24-19(26)18(23-21(24)28)14-6-4-3-5-7-14/h3-11,13,18H,12H2,1-2H3,(H,22,25)(H,23,28). The van der Waals surface area contributed by atoms with Gasteiger partial charge < -0.3 is 15.4 Å². The predicted molar refractivity (Wildman–Crippen MR) is 105 cm³/mol. The Morgan fingerprint density at radius 3 is 2.34 bits per heavy atom. The van der Waals surface area contributed by atoms with Crippen molar-refractivity contribution in [2.75, 3.05) is 11.9 Å². The highest BCUT2D eigenvalue weighted by Gasteiger charge is 2.39. The number of carbonyl (C=O) groups is 4. The predicted octanol–water partition coefficient (Wildman–Crippen LogP) is 2.48. The van der Waals surface area contributed by atoms with Gasteiger partial charge in [-0.05, 0) is 43.7 Å². The number of urea groups is 1. The average Bonchev–Trinajstić information content (AvgIpc) is 2.97. The molecule has 1 aliphatic rings. The third-order valence-corrected chi connectivity index (χ3v) is 4.21. The van der Waals surface area contributed by atoms with Gasteiger partial charge in [0.2, 0.25) is 5.91 Å². The van der Waals surface area contributed by atoms with Crippen LogP contribution in [0.5, 0.6) is 0 Å². The lowest BCUT2D eigenvalue weighted by molar-refractivity contribution is -0.130. The fourth-order valence-electron chi connectivity index (χ4n) is 2.86. The van der Waals surface area contributed by atoms with Crippen LogP contribution in [0.4, 0.5) is 10.5 Å². The Morgan fingerprint density at radius 2 is 1.72 bits per heavy atom. The summed E-state index contributed by atoms with van der Waals surface area (Å²) in [4.78, 5) is 49.7. The Bertz CT molecular complexity index is 925. The van der Waals surface area contributed by atoms with Crippen LogP contribution in [0.3, 0.4) is 0 Å². The van der Waals surface area contributed by atoms with E-state index in [0.717, 1.165) is 4.90 Å². The first-order valence-corrected chi connectivity index (χ1v) is 9.13. The first-order valence-electron chi connectivity index (χ1n) is 9.13. The number of nitrogens with one attached hydrogen (secondary N) is 2. The normalized spacial score (nSPS) is 16.0. The molecule has 1 saturated heterocycles. The van der Waals surface area contributed by atoms with Gasteiger partial charge in [0.15, 0.2) is 0 Å². The maximum Gasteiger partial charge on any atom is 0.338 e. The number of hydrogen-bond donors (Lipinski definition) is 2. The second kappa shape index (κ2) is 8.55. The van der Waals surface area contributed by atoms with Crippen LogP contribution in [0.1, 0.15) is 35.8 Å². The molecule has 4 amide bonds. The summed E-state index contributed by atoms with van der Waals surface area (Å²) in [6.45, 7) is 3.10. The van der Waals surface area contributed by atoms with Gasteiger partial charge in [-0.1, -0.05) is 30.3 Å². The zero-order valence-electron chi connectivity index (χ0n) is 16.0. The Kier molecular flexibility index (Phi) is 5.92. The van der Waals surface area contributed by atoms with Crippen LogP contribution < -0.4 is 10.6 Å². The summed E-state index contributed by atoms with van der Waals surface area (Å²) < 4.78 is 5.10. The van der Waals surface area contributed by atoms with E-state index in [1.165, 1.54) is 12.1 Å². The fraction of sp³-hybridized carbons (Fsp3) is 0.238. The van der Waals surface area contributed by atoms with Gasteiger partial charge in [0.1, 0.15) is 12.6 Å². The van der Waals surface area contributed by atoms with E-state index in [4.69, 9.17) is 4.74 Å². The average molecular weight is 395 g/mol. The van der Waals surface area contributed by atoms with Gasteiger partial charge in [-0.3, -0.25) is 14.5 Å². The van der Waals surface area contributed by atoms with Crippen molar-refractivity contribution >= 4 is 29.5 Å². The summed E-state index contributed by atoms with van der Waals surface area (Å²) in [5.41, 5.74) is 1.44. The van der Waals surface area contributed by atoms with Crippen molar-refractivity contribution in [1.82, 2.24) is 10.2 Å². The van der Waals surface area contributed by atoms with E-state index in [2.05, 4.69) is 10.6 Å². The van der Waals surface area contributed by atoms with Gasteiger partial charge >= 0.3 is 12.0 Å². The number of imide groups is 1. The van der Waals surface area contributed by atoms with Gasteiger partial charge in [-0.2, -0.15) is 0 Å². The van der Waals surface area contributed by atoms with Crippen LogP contribution in [0, 0.1) is 0 Å². The number of carbonyl (C=O) groups excluding carboxylic acids is 4. The largest absolute Gasteiger partial charge is 0.459 e. The highest BCUT2D eigenvalue weighted by atomic mass is 16.5. The van der Waals surface area contributed by atoms with Crippen molar-refractivity contribution in [2.24, 2.45) is 0 Å². The number of ether oxygens (including phenoxy) is 1. The van der Waals surface area contributed by atoms with Gasteiger partial charge in [0.05, 0.1) is 11.7 Å². The van der Waals surface area contributed by atoms with Gasteiger partial charge in [0.25, 0.3) is 5.91 Å². The molecule has 0 saturated carbocycles. The molecule has 8 nitrogen and oxygen atoms in total. The molecule has 8 heteroatoms. The molecular weight excluding hydrogens is 374 g/mol. The zero-order chi connectivity index (χ0) is 21.0. The molecule has 0 radical (unpaired) electrons. The first-order chi connectivity index (χ1) is 13.8. The van der Waals surface area contributed by atoms with Crippen LogP contribution in [-0.4, -0.2) is 41.4 Å². The number of esters is 1. The van der Waals surface area contributed by atoms with Crippen molar-refractivity contribution in [3.8, 4) is 0 Å². The highest BCUT2D eigenvalue weighted by molar-refractivity contribution is 6.08. The van der Waals surface area contributed by atoms with Gasteiger partial charge in [-0.15, -0.1) is 0 Å². The maximum absolute atomic E-state index is 12.5. The topological polar surface area (TPSA) is 105 Å². The molecule has 0 aromatic heterocycles. The molecule has 0 aliphatic carbocycles. The van der Waals surface area contributed by atoms with E-state index in [1.807, 2.05) is 6.07 Å². The summed E-state index contributed by atoms with van der Waals surface area (Å²) in [6.07, 6.45) is -0.231. The summed E-state index contributed by atoms with van der Waals surface area (Å²) in [7, 11) is 0. The second-order valence-corrected chi connectivity index (χ2v) is 6.80. The molecule has 1 unspecified atom stereocenters. The number of amides is 4. The van der Waals surface area contributed by atoms with E-state index >= 15 is 0 Å². The minimum absolute atomic E-state index is 0.231. The summed E-state index contributed by atoms with van der Waals surface area (Å²) in [5, 5.41) is 5.19. The number of benzene rings is 2. The van der Waals surface area contributed by atoms with E-state index in [1.54, 1.807) is 50.2 Å². The van der Waals surface area contributed by atoms with Gasteiger partial charge in [-0.25, -0.2) is 9.59 Å². The molecule has 1 fully saturated rings. The molecule has 1 atom stereocenters. The zero-order valence-corrected chi connectivity index (χ0v) is 16.0. The Hall–Kier alpha value is -3.68. The molecule has 0 bridgehead atoms. The molecule has 1 heterocycles. The summed E-state index contributed by atoms with van der Waals surface area (Å²) >= 11 is 0. The minimum Gasteiger partial charge on any atom is -0.459 e. The molecule has 150 valence electrons. The van der Waals surface area contributed by atoms with Crippen molar-refractivity contribution in [1.29, 1.82) is 0 Å². The number of nitrogens with zero attached hydrogens (tertiary/aromatic N) is 1. The maximum atomic E-state index is 12.5. The molecule has 3 rings (SSSR count). The van der Waals surface area contributed by atoms with Crippen LogP contribution in [-0.2, 0) is 14.3 Å². The fourth-order valence-corrected chi connectivity index (χ4v) is 2.86. The first kappa shape index (κ1) is 20.1. The minimum atomic E-state index is -0.803. The quantitative estimate of drug-likeness (QED) is 0.578. The molecule has 2 aromatic carbocycles. The van der Waals surface area contributed by atoms with E-state index in [-0.39, 0.29) is 6.10 Å². The summed E-state index contributed by atoms with van der Waals surface area (Å²) in [6, 6.07) is 13.5. The van der Waals surface area contributed by atoms with Crippen LogP contribution in [0.25, 0.3) is 0 Å². The van der Waals surface area contributed by atoms with E-state index in [9.17, 15) is 19.2 Å². The number of rotatable bonds is 6. The Labute approximate surface area is 167 Å². The molecule has 2 aromatic rings. The lowest BCUT2D eigenvalue weighted by Crippen LogP contribution is -2.38. The number of hydrogen-bond acceptors (Lipinski definition) is 5. The molecule has 2 N–H and O–H groups in total.